The van der Waals surface area contributed by atoms with Crippen molar-refractivity contribution in [1.82, 2.24) is 29.9 Å². The van der Waals surface area contributed by atoms with E-state index in [0.29, 0.717) is 23.0 Å². The molecule has 76 heavy (non-hydrogen) atoms. The standard InChI is InChI=1S/C66H60N6O4/c1-35-39(5)63-57(55-49(73-9)21-15-22-50(55)74-10)64-41(7)37(3)61(71-64)54(48-20-14-18-46(34-48)44-27-31-68-32-28-44)62-38(4)42(8)66(72-62)58(56-51(75-11)23-16-24-52(56)76-12)65-40(6)36(2)60(70-65)53(59(35)69-63)47-19-13-17-45(33-47)43-25-29-67-30-26-43/h13-34,69,72H,1-12H3. The molecule has 0 atom stereocenters. The predicted octanol–water partition coefficient (Wildman–Crippen LogP) is 16.3. The van der Waals surface area contributed by atoms with Gasteiger partial charge in [0.25, 0.3) is 0 Å². The van der Waals surface area contributed by atoms with Gasteiger partial charge in [0.15, 0.2) is 0 Å². The molecule has 0 radical (unpaired) electrons. The van der Waals surface area contributed by atoms with Crippen molar-refractivity contribution in [2.75, 3.05) is 28.4 Å². The van der Waals surface area contributed by atoms with E-state index in [-0.39, 0.29) is 0 Å². The summed E-state index contributed by atoms with van der Waals surface area (Å²) in [5.74, 6) is 2.63. The Bertz CT molecular complexity index is 3760. The Morgan fingerprint density at radius 2 is 0.579 bits per heavy atom. The molecule has 0 spiro atoms. The van der Waals surface area contributed by atoms with Crippen LogP contribution in [0.1, 0.15) is 72.7 Å². The van der Waals surface area contributed by atoms with Crippen LogP contribution < -0.4 is 18.9 Å². The number of nitrogens with one attached hydrogen (secondary N) is 2. The first kappa shape index (κ1) is 49.2. The number of H-pyrrole nitrogens is 2. The van der Waals surface area contributed by atoms with Crippen LogP contribution in [0.4, 0.5) is 0 Å². The molecule has 378 valence electrons. The first-order valence-electron chi connectivity index (χ1n) is 25.5. The summed E-state index contributed by atoms with van der Waals surface area (Å²) in [6, 6.07) is 37.5. The van der Waals surface area contributed by atoms with Crippen molar-refractivity contribution in [2.45, 2.75) is 55.4 Å². The third kappa shape index (κ3) is 7.94. The molecule has 10 nitrogen and oxygen atoms in total. The molecule has 11 rings (SSSR count). The maximum absolute atomic E-state index is 6.29. The zero-order chi connectivity index (χ0) is 53.1. The van der Waals surface area contributed by atoms with Crippen molar-refractivity contribution in [2.24, 2.45) is 0 Å². The molecule has 10 heteroatoms. The monoisotopic (exact) mass is 1000 g/mol. The van der Waals surface area contributed by atoms with Crippen LogP contribution in [0.5, 0.6) is 23.0 Å². The summed E-state index contributed by atoms with van der Waals surface area (Å²) in [6.45, 7) is 17.5. The van der Waals surface area contributed by atoms with Gasteiger partial charge in [0, 0.05) is 47.0 Å². The molecule has 0 aliphatic carbocycles. The Balaban J connectivity index is 1.44. The van der Waals surface area contributed by atoms with E-state index in [1.54, 1.807) is 28.4 Å². The van der Waals surface area contributed by atoms with Gasteiger partial charge in [0.05, 0.1) is 84.4 Å². The lowest BCUT2D eigenvalue weighted by atomic mass is 9.92. The topological polar surface area (TPSA) is 120 Å². The van der Waals surface area contributed by atoms with Crippen LogP contribution in [0, 0.1) is 27.7 Å². The van der Waals surface area contributed by atoms with Gasteiger partial charge < -0.3 is 28.9 Å². The lowest BCUT2D eigenvalue weighted by Gasteiger charge is -2.16. The number of rotatable bonds is 10. The van der Waals surface area contributed by atoms with Crippen LogP contribution in [0.3, 0.4) is 0 Å². The second-order valence-electron chi connectivity index (χ2n) is 19.6. The largest absolute Gasteiger partial charge is 0.496 e. The molecule has 0 unspecified atom stereocenters. The second-order valence-corrected chi connectivity index (χ2v) is 19.6. The van der Waals surface area contributed by atoms with Gasteiger partial charge in [-0.25, -0.2) is 9.97 Å². The van der Waals surface area contributed by atoms with Gasteiger partial charge in [-0.15, -0.1) is 0 Å². The Morgan fingerprint density at radius 3 is 0.895 bits per heavy atom. The molecule has 9 aromatic rings. The highest BCUT2D eigenvalue weighted by atomic mass is 16.5. The van der Waals surface area contributed by atoms with Crippen molar-refractivity contribution in [3.8, 4) is 89.8 Å². The number of aromatic nitrogens is 6. The van der Waals surface area contributed by atoms with Gasteiger partial charge in [0.1, 0.15) is 23.0 Å². The Hall–Kier alpha value is -9.02. The van der Waals surface area contributed by atoms with E-state index in [1.807, 2.05) is 85.5 Å². The molecule has 8 bridgehead atoms. The molecule has 2 aliphatic rings. The predicted molar refractivity (Wildman–Crippen MR) is 311 cm³/mol. The first-order valence-corrected chi connectivity index (χ1v) is 25.5. The van der Waals surface area contributed by atoms with E-state index in [0.717, 1.165) is 156 Å². The number of pyridine rings is 2. The number of aromatic amines is 2. The number of allylic oxidation sites excluding steroid dienone is 4. The first-order chi connectivity index (χ1) is 36.9. The molecular weight excluding hydrogens is 941 g/mol. The van der Waals surface area contributed by atoms with Gasteiger partial charge in [-0.3, -0.25) is 9.97 Å². The molecule has 0 saturated heterocycles. The zero-order valence-corrected chi connectivity index (χ0v) is 45.1. The highest BCUT2D eigenvalue weighted by Gasteiger charge is 2.31. The normalized spacial score (nSPS) is 12.4. The highest BCUT2D eigenvalue weighted by Crippen LogP contribution is 2.52. The SMILES string of the molecule is COc1cccc(OC)c1-c1c2nc(c(-c3cccc(-c4ccncc4)c3)c3[nH]c(c(C)c3C)c(-c3c(OC)cccc3OC)c3nc(c(-c4cccc(-c5ccncc5)c4)c4[nH]c1c(C)c4C)C(C)=C3C)C(C)=C2C. The molecule has 0 amide bonds. The average Bonchev–Trinajstić information content (AvgIpc) is 4.15. The molecule has 5 aromatic heterocycles. The summed E-state index contributed by atoms with van der Waals surface area (Å²) in [7, 11) is 6.84. The summed E-state index contributed by atoms with van der Waals surface area (Å²) >= 11 is 0. The number of ether oxygens (including phenoxy) is 4. The zero-order valence-electron chi connectivity index (χ0n) is 45.1. The lowest BCUT2D eigenvalue weighted by molar-refractivity contribution is 0.397. The van der Waals surface area contributed by atoms with Gasteiger partial charge in [0.2, 0.25) is 0 Å². The van der Waals surface area contributed by atoms with Gasteiger partial charge in [-0.2, -0.15) is 0 Å². The van der Waals surface area contributed by atoms with Crippen molar-refractivity contribution in [1.29, 1.82) is 0 Å². The van der Waals surface area contributed by atoms with Gasteiger partial charge in [-0.05, 0) is 194 Å². The third-order valence-corrected chi connectivity index (χ3v) is 15.8. The third-order valence-electron chi connectivity index (χ3n) is 15.8. The van der Waals surface area contributed by atoms with Crippen molar-refractivity contribution in [3.05, 3.63) is 179 Å². The van der Waals surface area contributed by atoms with Crippen LogP contribution in [0.2, 0.25) is 0 Å². The fourth-order valence-electron chi connectivity index (χ4n) is 11.1. The second kappa shape index (κ2) is 19.7. The Morgan fingerprint density at radius 1 is 0.303 bits per heavy atom. The van der Waals surface area contributed by atoms with Crippen molar-refractivity contribution < 1.29 is 18.9 Å². The Labute approximate surface area is 443 Å². The number of nitrogens with zero attached hydrogens (tertiary/aromatic N) is 4. The summed E-state index contributed by atoms with van der Waals surface area (Å²) in [6.07, 6.45) is 7.34. The fourth-order valence-corrected chi connectivity index (χ4v) is 11.1. The van der Waals surface area contributed by atoms with Crippen molar-refractivity contribution in [3.63, 3.8) is 0 Å². The maximum Gasteiger partial charge on any atom is 0.130 e. The molecular formula is C66H60N6O4. The van der Waals surface area contributed by atoms with E-state index in [4.69, 9.17) is 28.9 Å². The van der Waals surface area contributed by atoms with Crippen LogP contribution in [-0.2, 0) is 0 Å². The van der Waals surface area contributed by atoms with E-state index < -0.39 is 0 Å². The molecule has 2 aliphatic heterocycles. The van der Waals surface area contributed by atoms with Crippen LogP contribution in [0.25, 0.3) is 111 Å². The average molecular weight is 1000 g/mol. The quantitative estimate of drug-likeness (QED) is 0.139. The van der Waals surface area contributed by atoms with Crippen LogP contribution in [0.15, 0.2) is 134 Å². The van der Waals surface area contributed by atoms with Gasteiger partial charge >= 0.3 is 0 Å². The van der Waals surface area contributed by atoms with Gasteiger partial charge in [-0.1, -0.05) is 48.5 Å². The molecule has 2 N–H and O–H groups in total. The summed E-state index contributed by atoms with van der Waals surface area (Å²) in [4.78, 5) is 28.7. The van der Waals surface area contributed by atoms with Crippen LogP contribution in [-0.4, -0.2) is 58.3 Å². The highest BCUT2D eigenvalue weighted by molar-refractivity contribution is 6.10. The van der Waals surface area contributed by atoms with E-state index in [1.165, 1.54) is 0 Å². The van der Waals surface area contributed by atoms with E-state index in [2.05, 4.69) is 124 Å². The van der Waals surface area contributed by atoms with E-state index in [9.17, 15) is 0 Å². The smallest absolute Gasteiger partial charge is 0.130 e. The number of methoxy groups -OCH3 is 4. The summed E-state index contributed by atoms with van der Waals surface area (Å²) in [5, 5.41) is 0. The minimum Gasteiger partial charge on any atom is -0.496 e. The van der Waals surface area contributed by atoms with Crippen LogP contribution >= 0.6 is 0 Å². The number of fused-ring (bicyclic) bond motifs is 8. The lowest BCUT2D eigenvalue weighted by Crippen LogP contribution is -1.97. The van der Waals surface area contributed by atoms with E-state index >= 15 is 0 Å². The Kier molecular flexibility index (Phi) is 12.7. The maximum atomic E-state index is 6.29. The number of hydrogen-bond donors (Lipinski definition) is 2. The molecule has 0 fully saturated rings. The molecule has 4 aromatic carbocycles. The number of hydrogen-bond acceptors (Lipinski definition) is 8. The summed E-state index contributed by atoms with van der Waals surface area (Å²) < 4.78 is 25.1. The molecule has 0 saturated carbocycles. The number of aryl methyl sites for hydroxylation is 4. The minimum atomic E-state index is 0.659. The fraction of sp³-hybridized carbons (Fsp3) is 0.182. The molecule has 7 heterocycles. The summed E-state index contributed by atoms with van der Waals surface area (Å²) in [5.41, 5.74) is 26.7. The minimum absolute atomic E-state index is 0.659. The number of benzene rings is 4. The van der Waals surface area contributed by atoms with Crippen molar-refractivity contribution >= 4 is 44.4 Å².